The quantitative estimate of drug-likeness (QED) is 0.170. The fourth-order valence-electron chi connectivity index (χ4n) is 6.45. The fourth-order valence-corrected chi connectivity index (χ4v) is 6.45. The van der Waals surface area contributed by atoms with Gasteiger partial charge >= 0.3 is 5.97 Å². The number of aliphatic hydroxyl groups excluding tert-OH is 1. The maximum Gasteiger partial charge on any atom is 0.340 e. The van der Waals surface area contributed by atoms with Crippen LogP contribution < -0.4 is 0 Å². The van der Waals surface area contributed by atoms with Gasteiger partial charge in [-0.25, -0.2) is 4.79 Å². The molecule has 13 nitrogen and oxygen atoms in total. The van der Waals surface area contributed by atoms with Crippen LogP contribution >= 0.6 is 0 Å². The van der Waals surface area contributed by atoms with Gasteiger partial charge in [-0.05, 0) is 31.5 Å². The van der Waals surface area contributed by atoms with E-state index in [4.69, 9.17) is 33.2 Å². The lowest BCUT2D eigenvalue weighted by molar-refractivity contribution is -0.300. The molecule has 13 heteroatoms. The molecule has 5 aliphatic heterocycles. The highest BCUT2D eigenvalue weighted by Gasteiger charge is 2.66. The molecule has 222 valence electrons. The number of nitrogens with zero attached hydrogens (tertiary/aromatic N) is 4. The third-order valence-electron chi connectivity index (χ3n) is 8.33. The Morgan fingerprint density at radius 2 is 1.81 bits per heavy atom. The fraction of sp³-hybridized carbons (Fsp3) is 0.552. The van der Waals surface area contributed by atoms with Gasteiger partial charge in [-0.3, -0.25) is 4.90 Å². The summed E-state index contributed by atoms with van der Waals surface area (Å²) in [6, 6.07) is 16.9. The Morgan fingerprint density at radius 1 is 1.07 bits per heavy atom. The molecule has 5 saturated heterocycles. The van der Waals surface area contributed by atoms with Gasteiger partial charge in [-0.15, -0.1) is 0 Å². The Hall–Kier alpha value is -3.10. The van der Waals surface area contributed by atoms with E-state index in [1.54, 1.807) is 38.1 Å². The topological polar surface area (TPSA) is 154 Å². The number of rotatable bonds is 7. The molecule has 0 radical (unpaired) electrons. The van der Waals surface area contributed by atoms with E-state index in [0.29, 0.717) is 5.56 Å². The molecule has 0 aromatic heterocycles. The summed E-state index contributed by atoms with van der Waals surface area (Å²) in [5, 5.41) is 15.3. The van der Waals surface area contributed by atoms with E-state index in [2.05, 4.69) is 10.0 Å². The highest BCUT2D eigenvalue weighted by molar-refractivity contribution is 5.89. The number of ether oxygens (including phenoxy) is 7. The number of aliphatic hydroxyl groups is 1. The van der Waals surface area contributed by atoms with Crippen molar-refractivity contribution < 1.29 is 43.1 Å². The number of esters is 1. The molecule has 5 heterocycles. The molecule has 0 bridgehead atoms. The van der Waals surface area contributed by atoms with Crippen LogP contribution in [0.3, 0.4) is 0 Å². The average Bonchev–Trinajstić information content (AvgIpc) is 3.50. The lowest BCUT2D eigenvalue weighted by atomic mass is 10.0. The highest BCUT2D eigenvalue weighted by Crippen LogP contribution is 2.47. The van der Waals surface area contributed by atoms with Crippen molar-refractivity contribution in [2.24, 2.45) is 5.11 Å². The smallest absolute Gasteiger partial charge is 0.340 e. The Labute approximate surface area is 241 Å². The first-order chi connectivity index (χ1) is 20.3. The standard InChI is InChI=1S/C29H32N4O9/c1-29(2)41-24-19(31-32-30)22(38-28(24)42-29)17(34)13-33-20-21(33)27(40-25(35)15-9-5-3-6-10-15)37-18-14-36-26(39-23(18)20)16-11-7-4-8-12-16/h3-12,17-24,26-28,34H,13-14H2,1-2H3/t17-,18+,19-,20-,21+,22+,23+,24+,26-,27+,28+,33?/m0/s1. The van der Waals surface area contributed by atoms with Gasteiger partial charge in [0, 0.05) is 17.0 Å². The minimum Gasteiger partial charge on any atom is -0.430 e. The van der Waals surface area contributed by atoms with Crippen LogP contribution in [0.2, 0.25) is 0 Å². The minimum absolute atomic E-state index is 0.118. The summed E-state index contributed by atoms with van der Waals surface area (Å²) in [6.07, 6.45) is -5.78. The zero-order valence-electron chi connectivity index (χ0n) is 23.0. The van der Waals surface area contributed by atoms with E-state index in [-0.39, 0.29) is 25.2 Å². The highest BCUT2D eigenvalue weighted by atomic mass is 16.8. The first-order valence-corrected chi connectivity index (χ1v) is 14.1. The van der Waals surface area contributed by atoms with E-state index in [1.807, 2.05) is 41.3 Å². The first kappa shape index (κ1) is 27.7. The van der Waals surface area contributed by atoms with E-state index < -0.39 is 67.2 Å². The first-order valence-electron chi connectivity index (χ1n) is 14.1. The molecule has 2 aromatic rings. The zero-order valence-corrected chi connectivity index (χ0v) is 23.0. The Bertz CT molecular complexity index is 1340. The number of fused-ring (bicyclic) bond motifs is 4. The Balaban J connectivity index is 1.10. The molecule has 12 atom stereocenters. The van der Waals surface area contributed by atoms with Crippen LogP contribution in [0.5, 0.6) is 0 Å². The minimum atomic E-state index is -1.08. The molecule has 5 fully saturated rings. The summed E-state index contributed by atoms with van der Waals surface area (Å²) in [6.45, 7) is 3.85. The molecule has 1 N–H and O–H groups in total. The number of azide groups is 1. The molecular formula is C29H32N4O9. The molecule has 1 unspecified atom stereocenters. The monoisotopic (exact) mass is 580 g/mol. The summed E-state index contributed by atoms with van der Waals surface area (Å²) in [5.74, 6) is -1.42. The van der Waals surface area contributed by atoms with Crippen molar-refractivity contribution in [3.8, 4) is 0 Å². The summed E-state index contributed by atoms with van der Waals surface area (Å²) < 4.78 is 42.2. The van der Waals surface area contributed by atoms with Gasteiger partial charge in [0.15, 0.2) is 18.4 Å². The number of benzene rings is 2. The van der Waals surface area contributed by atoms with Crippen LogP contribution in [0.1, 0.15) is 36.1 Å². The van der Waals surface area contributed by atoms with E-state index in [0.717, 1.165) is 5.56 Å². The van der Waals surface area contributed by atoms with E-state index in [9.17, 15) is 15.4 Å². The third kappa shape index (κ3) is 5.06. The Morgan fingerprint density at radius 3 is 2.55 bits per heavy atom. The summed E-state index contributed by atoms with van der Waals surface area (Å²) in [7, 11) is 0. The van der Waals surface area contributed by atoms with Crippen molar-refractivity contribution in [2.75, 3.05) is 13.2 Å². The molecule has 0 spiro atoms. The van der Waals surface area contributed by atoms with Crippen LogP contribution in [0, 0.1) is 0 Å². The summed E-state index contributed by atoms with van der Waals surface area (Å²) >= 11 is 0. The van der Waals surface area contributed by atoms with Crippen LogP contribution in [0.25, 0.3) is 10.4 Å². The van der Waals surface area contributed by atoms with Crippen molar-refractivity contribution in [2.45, 2.75) is 87.2 Å². The summed E-state index contributed by atoms with van der Waals surface area (Å²) in [5.41, 5.74) is 10.5. The van der Waals surface area contributed by atoms with Gasteiger partial charge in [0.1, 0.15) is 18.3 Å². The number of carbonyl (C=O) groups excluding carboxylic acids is 1. The van der Waals surface area contributed by atoms with Crippen LogP contribution in [0.15, 0.2) is 65.8 Å². The second-order valence-electron chi connectivity index (χ2n) is 11.5. The van der Waals surface area contributed by atoms with Crippen molar-refractivity contribution in [1.29, 1.82) is 0 Å². The average molecular weight is 581 g/mol. The van der Waals surface area contributed by atoms with Crippen molar-refractivity contribution in [3.63, 3.8) is 0 Å². The molecule has 5 aliphatic rings. The maximum absolute atomic E-state index is 13.0. The van der Waals surface area contributed by atoms with Gasteiger partial charge in [0.05, 0.1) is 42.5 Å². The second kappa shape index (κ2) is 10.9. The number of carbonyl (C=O) groups is 1. The van der Waals surface area contributed by atoms with Crippen molar-refractivity contribution >= 4 is 5.97 Å². The molecule has 0 amide bonds. The predicted octanol–water partition coefficient (Wildman–Crippen LogP) is 2.65. The van der Waals surface area contributed by atoms with Crippen molar-refractivity contribution in [3.05, 3.63) is 82.2 Å². The van der Waals surface area contributed by atoms with Gasteiger partial charge in [-0.1, -0.05) is 53.6 Å². The van der Waals surface area contributed by atoms with E-state index in [1.165, 1.54) is 0 Å². The van der Waals surface area contributed by atoms with E-state index >= 15 is 0 Å². The van der Waals surface area contributed by atoms with Gasteiger partial charge in [-0.2, -0.15) is 0 Å². The molecule has 7 rings (SSSR count). The van der Waals surface area contributed by atoms with Crippen LogP contribution in [0.4, 0.5) is 0 Å². The summed E-state index contributed by atoms with van der Waals surface area (Å²) in [4.78, 5) is 17.9. The SMILES string of the molecule is CC1(C)O[C@H]2O[C@H]([C@@H](O)CN3[C@@H]4[C@@H]5O[C@@H](c6ccccc6)OC[C@H]5O[C@H](OC(=O)c5ccccc5)[C@@H]43)[C@H](N=[N+]=[N-])[C@H]2O1. The van der Waals surface area contributed by atoms with Crippen molar-refractivity contribution in [1.82, 2.24) is 4.90 Å². The van der Waals surface area contributed by atoms with Crippen LogP contribution in [-0.2, 0) is 33.2 Å². The molecule has 0 saturated carbocycles. The molecule has 2 aromatic carbocycles. The zero-order chi connectivity index (χ0) is 29.0. The Kier molecular flexibility index (Phi) is 7.17. The van der Waals surface area contributed by atoms with Crippen LogP contribution in [-0.4, -0.2) is 96.1 Å². The lowest BCUT2D eigenvalue weighted by Crippen LogP contribution is -2.53. The lowest BCUT2D eigenvalue weighted by Gasteiger charge is -2.40. The number of hydrogen-bond acceptors (Lipinski definition) is 11. The van der Waals surface area contributed by atoms with Gasteiger partial charge in [0.2, 0.25) is 6.29 Å². The number of hydrogen-bond donors (Lipinski definition) is 1. The molecule has 42 heavy (non-hydrogen) atoms. The maximum atomic E-state index is 13.0. The predicted molar refractivity (Wildman–Crippen MR) is 142 cm³/mol. The largest absolute Gasteiger partial charge is 0.430 e. The number of β-amino-alcohol motifs (C(OH)–C–C–N with tert-alkyl or cyclic N) is 1. The second-order valence-corrected chi connectivity index (χ2v) is 11.5. The van der Waals surface area contributed by atoms with Gasteiger partial charge in [0.25, 0.3) is 0 Å². The molecule has 0 aliphatic carbocycles. The third-order valence-corrected chi connectivity index (χ3v) is 8.33. The molecular weight excluding hydrogens is 548 g/mol. The normalized spacial score (nSPS) is 40.1. The van der Waals surface area contributed by atoms with Gasteiger partial charge < -0.3 is 38.3 Å².